The first kappa shape index (κ1) is 19.1. The van der Waals surface area contributed by atoms with Crippen molar-refractivity contribution in [1.82, 2.24) is 0 Å². The molecule has 0 aliphatic rings. The van der Waals surface area contributed by atoms with Gasteiger partial charge < -0.3 is 14.2 Å². The van der Waals surface area contributed by atoms with Crippen LogP contribution in [0.5, 0.6) is 23.0 Å². The number of ether oxygens (including phenoxy) is 3. The Morgan fingerprint density at radius 1 is 0.517 bits per heavy atom. The highest BCUT2D eigenvalue weighted by molar-refractivity contribution is 6.11. The Morgan fingerprint density at radius 2 is 1.03 bits per heavy atom. The second-order valence-electron chi connectivity index (χ2n) is 7.66. The highest BCUT2D eigenvalue weighted by Crippen LogP contribution is 2.45. The Balaban J connectivity index is 1.97. The third-order valence-electron chi connectivity index (χ3n) is 4.58. The summed E-state index contributed by atoms with van der Waals surface area (Å²) in [5.41, 5.74) is 0. The molecule has 29 heavy (non-hydrogen) atoms. The minimum absolute atomic E-state index is 0.0529. The molecule has 0 aromatic heterocycles. The summed E-state index contributed by atoms with van der Waals surface area (Å²) in [4.78, 5) is 0. The summed E-state index contributed by atoms with van der Waals surface area (Å²) >= 11 is 0. The van der Waals surface area contributed by atoms with Crippen molar-refractivity contribution in [3.63, 3.8) is 0 Å². The summed E-state index contributed by atoms with van der Waals surface area (Å²) in [5.74, 6) is 3.31. The average Bonchev–Trinajstić information content (AvgIpc) is 2.70. The molecular weight excluding hydrogens is 360 g/mol. The van der Waals surface area contributed by atoms with E-state index in [0.717, 1.165) is 44.5 Å². The Kier molecular flexibility index (Phi) is 5.30. The number of benzene rings is 4. The van der Waals surface area contributed by atoms with Crippen molar-refractivity contribution in [2.24, 2.45) is 0 Å². The van der Waals surface area contributed by atoms with Gasteiger partial charge in [0.15, 0.2) is 0 Å². The maximum Gasteiger partial charge on any atom is 0.135 e. The second-order valence-corrected chi connectivity index (χ2v) is 7.66. The fourth-order valence-corrected chi connectivity index (χ4v) is 3.49. The molecule has 0 radical (unpaired) electrons. The van der Waals surface area contributed by atoms with Gasteiger partial charge in [-0.05, 0) is 58.0 Å². The molecule has 0 heterocycles. The monoisotopic (exact) mass is 386 g/mol. The van der Waals surface area contributed by atoms with Gasteiger partial charge in [0, 0.05) is 21.5 Å². The first-order valence-corrected chi connectivity index (χ1v) is 10.1. The van der Waals surface area contributed by atoms with Crippen molar-refractivity contribution in [2.45, 2.75) is 39.9 Å². The van der Waals surface area contributed by atoms with Gasteiger partial charge in [0.1, 0.15) is 23.0 Å². The fraction of sp³-hybridized carbons (Fsp3) is 0.231. The van der Waals surface area contributed by atoms with E-state index in [9.17, 15) is 0 Å². The summed E-state index contributed by atoms with van der Waals surface area (Å²) in [7, 11) is 0. The van der Waals surface area contributed by atoms with Crippen LogP contribution in [0, 0.1) is 0 Å². The number of hydrogen-bond donors (Lipinski definition) is 0. The van der Waals surface area contributed by atoms with Crippen LogP contribution in [0.25, 0.3) is 21.5 Å². The van der Waals surface area contributed by atoms with Gasteiger partial charge in [-0.2, -0.15) is 0 Å². The summed E-state index contributed by atoms with van der Waals surface area (Å²) in [6, 6.07) is 24.1. The molecule has 0 saturated heterocycles. The molecule has 0 amide bonds. The van der Waals surface area contributed by atoms with Gasteiger partial charge in [0.25, 0.3) is 0 Å². The van der Waals surface area contributed by atoms with E-state index < -0.39 is 0 Å². The lowest BCUT2D eigenvalue weighted by molar-refractivity contribution is 0.244. The lowest BCUT2D eigenvalue weighted by Crippen LogP contribution is -2.09. The van der Waals surface area contributed by atoms with Crippen LogP contribution in [-0.2, 0) is 0 Å². The Hall–Kier alpha value is -3.20. The molecule has 3 nitrogen and oxygen atoms in total. The van der Waals surface area contributed by atoms with Gasteiger partial charge in [-0.3, -0.25) is 0 Å². The van der Waals surface area contributed by atoms with Crippen molar-refractivity contribution in [2.75, 3.05) is 0 Å². The zero-order valence-electron chi connectivity index (χ0n) is 17.3. The summed E-state index contributed by atoms with van der Waals surface area (Å²) < 4.78 is 18.6. The van der Waals surface area contributed by atoms with E-state index in [1.807, 2.05) is 82.3 Å². The molecule has 0 spiro atoms. The lowest BCUT2D eigenvalue weighted by Gasteiger charge is -2.21. The molecular formula is C26H26O3. The molecule has 0 fully saturated rings. The van der Waals surface area contributed by atoms with Crippen LogP contribution in [0.2, 0.25) is 0 Å². The van der Waals surface area contributed by atoms with Crippen LogP contribution in [-0.4, -0.2) is 12.2 Å². The average molecular weight is 386 g/mol. The fourth-order valence-electron chi connectivity index (χ4n) is 3.49. The molecule has 0 bridgehead atoms. The van der Waals surface area contributed by atoms with Crippen molar-refractivity contribution >= 4 is 21.5 Å². The topological polar surface area (TPSA) is 27.7 Å². The quantitative estimate of drug-likeness (QED) is 0.324. The first-order chi connectivity index (χ1) is 14.0. The smallest absolute Gasteiger partial charge is 0.135 e. The number of hydrogen-bond acceptors (Lipinski definition) is 3. The van der Waals surface area contributed by atoms with Gasteiger partial charge in [-0.25, -0.2) is 0 Å². The van der Waals surface area contributed by atoms with Gasteiger partial charge in [-0.15, -0.1) is 0 Å². The van der Waals surface area contributed by atoms with Crippen molar-refractivity contribution in [3.8, 4) is 23.0 Å². The molecule has 0 aliphatic heterocycles. The van der Waals surface area contributed by atoms with E-state index in [0.29, 0.717) is 0 Å². The van der Waals surface area contributed by atoms with Crippen LogP contribution in [0.3, 0.4) is 0 Å². The molecule has 0 atom stereocenters. The summed E-state index contributed by atoms with van der Waals surface area (Å²) in [6.07, 6.45) is 0.121. The lowest BCUT2D eigenvalue weighted by atomic mass is 10.00. The maximum atomic E-state index is 6.29. The van der Waals surface area contributed by atoms with Crippen molar-refractivity contribution < 1.29 is 14.2 Å². The predicted molar refractivity (Wildman–Crippen MR) is 119 cm³/mol. The van der Waals surface area contributed by atoms with E-state index in [4.69, 9.17) is 14.2 Å². The number of rotatable bonds is 6. The molecule has 0 N–H and O–H groups in total. The Labute approximate surface area is 171 Å². The third-order valence-corrected chi connectivity index (χ3v) is 4.58. The molecule has 4 rings (SSSR count). The third kappa shape index (κ3) is 4.00. The molecule has 4 aromatic rings. The minimum Gasteiger partial charge on any atom is -0.490 e. The SMILES string of the molecule is CC(C)Oc1c2ccccc2c(OC(C)C)c2cc(Oc3ccccc3)ccc12. The standard InChI is InChI=1S/C26H26O3/c1-17(2)27-25-21-12-8-9-13-22(21)26(28-18(3)4)24-16-20(14-15-23(24)25)29-19-10-6-5-7-11-19/h5-18H,1-4H3. The van der Waals surface area contributed by atoms with E-state index in [2.05, 4.69) is 18.2 Å². The Morgan fingerprint density at radius 3 is 1.62 bits per heavy atom. The normalized spacial score (nSPS) is 11.4. The van der Waals surface area contributed by atoms with Crippen LogP contribution >= 0.6 is 0 Å². The highest BCUT2D eigenvalue weighted by Gasteiger charge is 2.18. The highest BCUT2D eigenvalue weighted by atomic mass is 16.5. The van der Waals surface area contributed by atoms with E-state index in [-0.39, 0.29) is 12.2 Å². The summed E-state index contributed by atoms with van der Waals surface area (Å²) in [6.45, 7) is 8.19. The zero-order chi connectivity index (χ0) is 20.4. The molecule has 3 heteroatoms. The van der Waals surface area contributed by atoms with Crippen LogP contribution in [0.1, 0.15) is 27.7 Å². The van der Waals surface area contributed by atoms with Gasteiger partial charge in [-0.1, -0.05) is 42.5 Å². The molecule has 148 valence electrons. The van der Waals surface area contributed by atoms with Gasteiger partial charge in [0.05, 0.1) is 12.2 Å². The van der Waals surface area contributed by atoms with Crippen molar-refractivity contribution in [1.29, 1.82) is 0 Å². The van der Waals surface area contributed by atoms with E-state index in [1.54, 1.807) is 0 Å². The van der Waals surface area contributed by atoms with Crippen LogP contribution in [0.4, 0.5) is 0 Å². The molecule has 4 aromatic carbocycles. The van der Waals surface area contributed by atoms with E-state index in [1.165, 1.54) is 0 Å². The van der Waals surface area contributed by atoms with Gasteiger partial charge >= 0.3 is 0 Å². The Bertz CT molecular complexity index is 1130. The maximum absolute atomic E-state index is 6.29. The van der Waals surface area contributed by atoms with Gasteiger partial charge in [0.2, 0.25) is 0 Å². The zero-order valence-corrected chi connectivity index (χ0v) is 17.3. The van der Waals surface area contributed by atoms with Crippen LogP contribution < -0.4 is 14.2 Å². The number of fused-ring (bicyclic) bond motifs is 2. The molecule has 0 saturated carbocycles. The summed E-state index contributed by atoms with van der Waals surface area (Å²) in [5, 5.41) is 4.11. The minimum atomic E-state index is 0.0529. The van der Waals surface area contributed by atoms with E-state index >= 15 is 0 Å². The van der Waals surface area contributed by atoms with Crippen LogP contribution in [0.15, 0.2) is 72.8 Å². The molecule has 0 aliphatic carbocycles. The molecule has 0 unspecified atom stereocenters. The predicted octanol–water partition coefficient (Wildman–Crippen LogP) is 7.36. The second kappa shape index (κ2) is 8.04. The first-order valence-electron chi connectivity index (χ1n) is 10.1. The van der Waals surface area contributed by atoms with Crippen molar-refractivity contribution in [3.05, 3.63) is 72.8 Å². The number of para-hydroxylation sites is 1. The largest absolute Gasteiger partial charge is 0.490 e.